The first kappa shape index (κ1) is 88.1. The minimum atomic E-state index is -4.95. The van der Waals surface area contributed by atoms with Crippen LogP contribution in [0.4, 0.5) is 0 Å². The zero-order valence-electron chi connectivity index (χ0n) is 58.8. The van der Waals surface area contributed by atoms with Gasteiger partial charge in [0.1, 0.15) is 19.3 Å². The predicted octanol–water partition coefficient (Wildman–Crippen LogP) is 20.1. The fourth-order valence-electron chi connectivity index (χ4n) is 10.6. The topological polar surface area (TPSA) is 237 Å². The predicted molar refractivity (Wildman–Crippen MR) is 363 cm³/mol. The molecule has 0 aromatic carbocycles. The fourth-order valence-corrected chi connectivity index (χ4v) is 12.2. The summed E-state index contributed by atoms with van der Waals surface area (Å²) in [5, 5.41) is 10.6. The minimum absolute atomic E-state index is 0.102. The van der Waals surface area contributed by atoms with E-state index in [9.17, 15) is 43.2 Å². The van der Waals surface area contributed by atoms with Crippen molar-refractivity contribution in [3.8, 4) is 0 Å². The smallest absolute Gasteiger partial charge is 0.462 e. The molecule has 0 aromatic rings. The largest absolute Gasteiger partial charge is 0.472 e. The van der Waals surface area contributed by atoms with E-state index in [4.69, 9.17) is 37.0 Å². The average Bonchev–Trinajstić information content (AvgIpc) is 3.11. The first-order chi connectivity index (χ1) is 43.2. The SMILES string of the molecule is CCC(C)CCCCCCCCC(=O)OC[C@H](COP(=O)(O)OCC(O)COP(=O)(O)OC[C@@H](COC(=O)CCCCCCCCC(C)C)OC(=O)CCCCCCCCCCCCCCCCCCCCC(C)C)OC(=O)CCCCCCCCC(C)CC. The molecule has 17 nitrogen and oxygen atoms in total. The summed E-state index contributed by atoms with van der Waals surface area (Å²) in [6.45, 7) is 14.0. The average molecular weight is 1330 g/mol. The molecule has 3 N–H and O–H groups in total. The number of carbonyl (C=O) groups is 4. The van der Waals surface area contributed by atoms with Crippen molar-refractivity contribution in [2.75, 3.05) is 39.6 Å². The molecule has 0 rings (SSSR count). The van der Waals surface area contributed by atoms with Crippen molar-refractivity contribution >= 4 is 39.5 Å². The first-order valence-corrected chi connectivity index (χ1v) is 39.8. The Hall–Kier alpha value is -1.94. The molecule has 90 heavy (non-hydrogen) atoms. The van der Waals surface area contributed by atoms with Crippen LogP contribution in [0, 0.1) is 23.7 Å². The van der Waals surface area contributed by atoms with Crippen molar-refractivity contribution in [1.82, 2.24) is 0 Å². The zero-order chi connectivity index (χ0) is 66.8. The van der Waals surface area contributed by atoms with Crippen LogP contribution in [0.3, 0.4) is 0 Å². The Morgan fingerprint density at radius 3 is 0.789 bits per heavy atom. The van der Waals surface area contributed by atoms with Gasteiger partial charge in [-0.15, -0.1) is 0 Å². The van der Waals surface area contributed by atoms with Gasteiger partial charge in [0.15, 0.2) is 12.2 Å². The second-order valence-electron chi connectivity index (χ2n) is 27.1. The van der Waals surface area contributed by atoms with Crippen LogP contribution in [-0.2, 0) is 65.4 Å². The number of unbranched alkanes of at least 4 members (excludes halogenated alkanes) is 32. The fraction of sp³-hybridized carbons (Fsp3) is 0.944. The summed E-state index contributed by atoms with van der Waals surface area (Å²) in [6.07, 6.45) is 43.5. The summed E-state index contributed by atoms with van der Waals surface area (Å²) in [5.41, 5.74) is 0. The molecule has 0 fully saturated rings. The van der Waals surface area contributed by atoms with Gasteiger partial charge < -0.3 is 33.8 Å². The van der Waals surface area contributed by atoms with Crippen LogP contribution in [-0.4, -0.2) is 96.7 Å². The Labute approximate surface area is 549 Å². The third-order valence-electron chi connectivity index (χ3n) is 17.0. The maximum atomic E-state index is 13.0. The molecule has 0 radical (unpaired) electrons. The molecule has 0 aliphatic carbocycles. The zero-order valence-corrected chi connectivity index (χ0v) is 60.6. The Morgan fingerprint density at radius 1 is 0.311 bits per heavy atom. The molecule has 0 bridgehead atoms. The number of phosphoric ester groups is 2. The summed E-state index contributed by atoms with van der Waals surface area (Å²) < 4.78 is 68.2. The van der Waals surface area contributed by atoms with Gasteiger partial charge in [-0.3, -0.25) is 37.3 Å². The van der Waals surface area contributed by atoms with Crippen LogP contribution in [0.5, 0.6) is 0 Å². The van der Waals surface area contributed by atoms with Gasteiger partial charge in [-0.1, -0.05) is 299 Å². The van der Waals surface area contributed by atoms with Gasteiger partial charge >= 0.3 is 39.5 Å². The molecule has 0 aliphatic rings. The molecule has 534 valence electrons. The van der Waals surface area contributed by atoms with Crippen molar-refractivity contribution in [3.63, 3.8) is 0 Å². The summed E-state index contributed by atoms with van der Waals surface area (Å²) in [5.74, 6) is 0.816. The van der Waals surface area contributed by atoms with Crippen molar-refractivity contribution < 1.29 is 80.2 Å². The van der Waals surface area contributed by atoms with E-state index in [1.165, 1.54) is 141 Å². The van der Waals surface area contributed by atoms with E-state index in [0.717, 1.165) is 120 Å². The second kappa shape index (κ2) is 60.7. The number of hydrogen-bond acceptors (Lipinski definition) is 15. The van der Waals surface area contributed by atoms with E-state index in [-0.39, 0.29) is 25.7 Å². The Morgan fingerprint density at radius 2 is 0.533 bits per heavy atom. The lowest BCUT2D eigenvalue weighted by molar-refractivity contribution is -0.161. The highest BCUT2D eigenvalue weighted by Crippen LogP contribution is 2.45. The Bertz CT molecular complexity index is 1790. The van der Waals surface area contributed by atoms with Gasteiger partial charge in [0, 0.05) is 25.7 Å². The summed E-state index contributed by atoms with van der Waals surface area (Å²) in [6, 6.07) is 0. The summed E-state index contributed by atoms with van der Waals surface area (Å²) >= 11 is 0. The maximum Gasteiger partial charge on any atom is 0.472 e. The number of ether oxygens (including phenoxy) is 4. The number of rotatable bonds is 68. The van der Waals surface area contributed by atoms with E-state index in [0.29, 0.717) is 31.6 Å². The molecule has 0 saturated carbocycles. The lowest BCUT2D eigenvalue weighted by atomic mass is 10.00. The molecule has 0 amide bonds. The van der Waals surface area contributed by atoms with E-state index >= 15 is 0 Å². The minimum Gasteiger partial charge on any atom is -0.462 e. The van der Waals surface area contributed by atoms with Gasteiger partial charge in [0.05, 0.1) is 26.4 Å². The van der Waals surface area contributed by atoms with Crippen molar-refractivity contribution in [1.29, 1.82) is 0 Å². The van der Waals surface area contributed by atoms with E-state index in [2.05, 4.69) is 55.4 Å². The van der Waals surface area contributed by atoms with Crippen LogP contribution in [0.25, 0.3) is 0 Å². The monoisotopic (exact) mass is 1320 g/mol. The van der Waals surface area contributed by atoms with Crippen LogP contribution >= 0.6 is 15.6 Å². The number of phosphoric acid groups is 2. The molecule has 0 heterocycles. The van der Waals surface area contributed by atoms with Gasteiger partial charge in [-0.2, -0.15) is 0 Å². The molecule has 0 saturated heterocycles. The van der Waals surface area contributed by atoms with Crippen LogP contribution in [0.1, 0.15) is 351 Å². The highest BCUT2D eigenvalue weighted by atomic mass is 31.2. The Kier molecular flexibility index (Phi) is 59.4. The van der Waals surface area contributed by atoms with Crippen LogP contribution < -0.4 is 0 Å². The molecule has 7 atom stereocenters. The van der Waals surface area contributed by atoms with Gasteiger partial charge in [0.2, 0.25) is 0 Å². The number of esters is 4. The standard InChI is InChI=1S/C71H138O17P2/c1-9-63(7)49-41-33-26-29-36-44-52-69(74)82-58-67(88-71(76)54-46-38-30-27-34-42-50-64(8)10-2)60-86-90(79,80)84-56-65(72)55-83-89(77,78)85-59-66(57-81-68(73)51-43-35-28-25-32-40-48-62(5)6)87-70(75)53-45-37-24-22-20-18-16-14-12-11-13-15-17-19-21-23-31-39-47-61(3)4/h61-67,72H,9-60H2,1-8H3,(H,77,78)(H,79,80)/t63?,64?,65?,66-,67-/m1/s1. The number of hydrogen-bond donors (Lipinski definition) is 3. The second-order valence-corrected chi connectivity index (χ2v) is 30.0. The molecule has 0 aromatic heterocycles. The third kappa shape index (κ3) is 62.2. The maximum absolute atomic E-state index is 13.0. The van der Waals surface area contributed by atoms with Gasteiger partial charge in [0.25, 0.3) is 0 Å². The molecule has 0 aliphatic heterocycles. The van der Waals surface area contributed by atoms with Crippen molar-refractivity contribution in [2.45, 2.75) is 369 Å². The van der Waals surface area contributed by atoms with Crippen LogP contribution in [0.15, 0.2) is 0 Å². The number of carbonyl (C=O) groups excluding carboxylic acids is 4. The quantitative estimate of drug-likeness (QED) is 0.0222. The lowest BCUT2D eigenvalue weighted by Gasteiger charge is -2.21. The Balaban J connectivity index is 5.15. The van der Waals surface area contributed by atoms with E-state index < -0.39 is 97.5 Å². The van der Waals surface area contributed by atoms with E-state index in [1.807, 2.05) is 0 Å². The first-order valence-electron chi connectivity index (χ1n) is 36.8. The molecular weight excluding hydrogens is 1190 g/mol. The number of aliphatic hydroxyl groups is 1. The van der Waals surface area contributed by atoms with Crippen molar-refractivity contribution in [3.05, 3.63) is 0 Å². The van der Waals surface area contributed by atoms with Gasteiger partial charge in [-0.05, 0) is 49.4 Å². The van der Waals surface area contributed by atoms with E-state index in [1.54, 1.807) is 0 Å². The molecular formula is C71H138O17P2. The highest BCUT2D eigenvalue weighted by molar-refractivity contribution is 7.47. The highest BCUT2D eigenvalue weighted by Gasteiger charge is 2.30. The summed E-state index contributed by atoms with van der Waals surface area (Å²) in [4.78, 5) is 72.4. The third-order valence-corrected chi connectivity index (χ3v) is 18.9. The molecule has 5 unspecified atom stereocenters. The molecule has 19 heteroatoms. The van der Waals surface area contributed by atoms with Crippen LogP contribution in [0.2, 0.25) is 0 Å². The van der Waals surface area contributed by atoms with Crippen molar-refractivity contribution in [2.24, 2.45) is 23.7 Å². The molecule has 0 spiro atoms. The number of aliphatic hydroxyl groups excluding tert-OH is 1. The normalized spacial score (nSPS) is 14.9. The lowest BCUT2D eigenvalue weighted by Crippen LogP contribution is -2.30. The summed E-state index contributed by atoms with van der Waals surface area (Å²) in [7, 11) is -9.90. The van der Waals surface area contributed by atoms with Gasteiger partial charge in [-0.25, -0.2) is 9.13 Å².